The van der Waals surface area contributed by atoms with E-state index in [1.807, 2.05) is 36.7 Å². The highest BCUT2D eigenvalue weighted by Crippen LogP contribution is 2.32. The molecule has 3 nitrogen and oxygen atoms in total. The van der Waals surface area contributed by atoms with E-state index in [2.05, 4.69) is 46.4 Å². The molecule has 0 unspecified atom stereocenters. The molecule has 0 aliphatic rings. The number of phenols is 1. The van der Waals surface area contributed by atoms with Gasteiger partial charge in [0.1, 0.15) is 5.75 Å². The predicted molar refractivity (Wildman–Crippen MR) is 108 cm³/mol. The molecule has 132 valence electrons. The Bertz CT molecular complexity index is 960. The third-order valence-electron chi connectivity index (χ3n) is 4.79. The number of hydrogen-bond donors (Lipinski definition) is 1. The van der Waals surface area contributed by atoms with Crippen LogP contribution in [-0.2, 0) is 6.42 Å². The van der Waals surface area contributed by atoms with E-state index in [9.17, 15) is 5.11 Å². The summed E-state index contributed by atoms with van der Waals surface area (Å²) in [5.74, 6) is 0.450. The van der Waals surface area contributed by atoms with Gasteiger partial charge in [0.15, 0.2) is 0 Å². The zero-order chi connectivity index (χ0) is 18.5. The van der Waals surface area contributed by atoms with Crippen molar-refractivity contribution in [2.24, 2.45) is 0 Å². The van der Waals surface area contributed by atoms with Crippen LogP contribution in [0.15, 0.2) is 97.6 Å². The van der Waals surface area contributed by atoms with Crippen LogP contribution in [0.5, 0.6) is 5.75 Å². The summed E-state index contributed by atoms with van der Waals surface area (Å²) in [6.45, 7) is 0. The van der Waals surface area contributed by atoms with Gasteiger partial charge in [-0.25, -0.2) is 0 Å². The molecule has 0 saturated heterocycles. The van der Waals surface area contributed by atoms with Crippen LogP contribution in [0.1, 0.15) is 22.6 Å². The molecular weight excluding hydrogens is 332 g/mol. The largest absolute Gasteiger partial charge is 0.508 e. The summed E-state index contributed by atoms with van der Waals surface area (Å²) in [5.41, 5.74) is 5.87. The summed E-state index contributed by atoms with van der Waals surface area (Å²) in [7, 11) is 0. The van der Waals surface area contributed by atoms with Crippen molar-refractivity contribution in [1.29, 1.82) is 0 Å². The van der Waals surface area contributed by atoms with Crippen molar-refractivity contribution in [2.45, 2.75) is 12.3 Å². The Balaban J connectivity index is 1.75. The third kappa shape index (κ3) is 3.87. The molecular formula is C24H20N2O. The highest BCUT2D eigenvalue weighted by Gasteiger charge is 2.17. The number of aromatic hydroxyl groups is 1. The predicted octanol–water partition coefficient (Wildman–Crippen LogP) is 5.22. The number of rotatable bonds is 5. The molecule has 0 saturated carbocycles. The zero-order valence-corrected chi connectivity index (χ0v) is 14.9. The van der Waals surface area contributed by atoms with Crippen molar-refractivity contribution in [3.05, 3.63) is 114 Å². The minimum absolute atomic E-state index is 0.172. The number of phenolic OH excluding ortho intramolecular Hbond substituents is 1. The Morgan fingerprint density at radius 1 is 0.704 bits per heavy atom. The van der Waals surface area contributed by atoms with Crippen molar-refractivity contribution in [3.63, 3.8) is 0 Å². The van der Waals surface area contributed by atoms with Crippen molar-refractivity contribution >= 4 is 0 Å². The molecule has 1 N–H and O–H groups in total. The summed E-state index contributed by atoms with van der Waals surface area (Å²) in [4.78, 5) is 8.63. The van der Waals surface area contributed by atoms with E-state index in [-0.39, 0.29) is 11.7 Å². The Morgan fingerprint density at radius 3 is 1.93 bits per heavy atom. The van der Waals surface area contributed by atoms with E-state index in [0.29, 0.717) is 0 Å². The maximum Gasteiger partial charge on any atom is 0.115 e. The SMILES string of the molecule is Oc1ccc(-c2ccccc2CC(c2cccnc2)c2cccnc2)cc1. The van der Waals surface area contributed by atoms with E-state index in [1.54, 1.807) is 24.5 Å². The fourth-order valence-corrected chi connectivity index (χ4v) is 3.43. The van der Waals surface area contributed by atoms with Crippen molar-refractivity contribution < 1.29 is 5.11 Å². The van der Waals surface area contributed by atoms with E-state index >= 15 is 0 Å². The fraction of sp³-hybridized carbons (Fsp3) is 0.0833. The molecule has 0 fully saturated rings. The number of pyridine rings is 2. The van der Waals surface area contributed by atoms with Gasteiger partial charge >= 0.3 is 0 Å². The summed E-state index contributed by atoms with van der Waals surface area (Å²) in [5, 5.41) is 9.60. The Morgan fingerprint density at radius 2 is 1.33 bits per heavy atom. The lowest BCUT2D eigenvalue weighted by atomic mass is 9.85. The molecule has 2 aromatic heterocycles. The molecule has 0 radical (unpaired) electrons. The average molecular weight is 352 g/mol. The van der Waals surface area contributed by atoms with Gasteiger partial charge in [-0.3, -0.25) is 9.97 Å². The average Bonchev–Trinajstić information content (AvgIpc) is 2.74. The van der Waals surface area contributed by atoms with Gasteiger partial charge in [-0.05, 0) is 58.5 Å². The van der Waals surface area contributed by atoms with Crippen LogP contribution in [0.2, 0.25) is 0 Å². The summed E-state index contributed by atoms with van der Waals surface area (Å²) < 4.78 is 0. The van der Waals surface area contributed by atoms with Gasteiger partial charge in [0.05, 0.1) is 0 Å². The lowest BCUT2D eigenvalue weighted by molar-refractivity contribution is 0.475. The summed E-state index contributed by atoms with van der Waals surface area (Å²) >= 11 is 0. The highest BCUT2D eigenvalue weighted by molar-refractivity contribution is 5.68. The highest BCUT2D eigenvalue weighted by atomic mass is 16.3. The van der Waals surface area contributed by atoms with Crippen LogP contribution in [0.25, 0.3) is 11.1 Å². The first-order chi connectivity index (χ1) is 13.3. The second-order valence-electron chi connectivity index (χ2n) is 6.53. The number of nitrogens with zero attached hydrogens (tertiary/aromatic N) is 2. The lowest BCUT2D eigenvalue weighted by Gasteiger charge is -2.19. The molecule has 2 heterocycles. The normalized spacial score (nSPS) is 10.9. The molecule has 0 spiro atoms. The summed E-state index contributed by atoms with van der Waals surface area (Å²) in [6.07, 6.45) is 8.30. The molecule has 2 aromatic carbocycles. The minimum Gasteiger partial charge on any atom is -0.508 e. The quantitative estimate of drug-likeness (QED) is 0.535. The van der Waals surface area contributed by atoms with Crippen molar-refractivity contribution in [2.75, 3.05) is 0 Å². The zero-order valence-electron chi connectivity index (χ0n) is 14.9. The smallest absolute Gasteiger partial charge is 0.115 e. The first-order valence-electron chi connectivity index (χ1n) is 8.98. The van der Waals surface area contributed by atoms with Crippen LogP contribution in [0.3, 0.4) is 0 Å². The molecule has 3 heteroatoms. The van der Waals surface area contributed by atoms with Gasteiger partial charge < -0.3 is 5.11 Å². The van der Waals surface area contributed by atoms with E-state index in [1.165, 1.54) is 22.3 Å². The van der Waals surface area contributed by atoms with E-state index in [4.69, 9.17) is 0 Å². The maximum absolute atomic E-state index is 9.60. The Labute approximate surface area is 159 Å². The van der Waals surface area contributed by atoms with Gasteiger partial charge in [-0.2, -0.15) is 0 Å². The van der Waals surface area contributed by atoms with Crippen LogP contribution < -0.4 is 0 Å². The van der Waals surface area contributed by atoms with E-state index < -0.39 is 0 Å². The molecule has 4 aromatic rings. The Hall–Kier alpha value is -3.46. The molecule has 0 amide bonds. The lowest BCUT2D eigenvalue weighted by Crippen LogP contribution is -2.07. The summed E-state index contributed by atoms with van der Waals surface area (Å²) in [6, 6.07) is 24.0. The number of benzene rings is 2. The van der Waals surface area contributed by atoms with Gasteiger partial charge in [0.2, 0.25) is 0 Å². The van der Waals surface area contributed by atoms with Crippen molar-refractivity contribution in [3.8, 4) is 16.9 Å². The Kier molecular flexibility index (Phi) is 4.93. The molecule has 27 heavy (non-hydrogen) atoms. The minimum atomic E-state index is 0.172. The van der Waals surface area contributed by atoms with Gasteiger partial charge in [-0.1, -0.05) is 48.5 Å². The van der Waals surface area contributed by atoms with Crippen LogP contribution >= 0.6 is 0 Å². The molecule has 0 atom stereocenters. The van der Waals surface area contributed by atoms with Crippen LogP contribution in [0, 0.1) is 0 Å². The van der Waals surface area contributed by atoms with Gasteiger partial charge in [0.25, 0.3) is 0 Å². The second kappa shape index (κ2) is 7.83. The van der Waals surface area contributed by atoms with Gasteiger partial charge in [0, 0.05) is 30.7 Å². The first-order valence-corrected chi connectivity index (χ1v) is 8.98. The third-order valence-corrected chi connectivity index (χ3v) is 4.79. The first kappa shape index (κ1) is 17.0. The molecule has 0 aliphatic heterocycles. The van der Waals surface area contributed by atoms with Crippen LogP contribution in [-0.4, -0.2) is 15.1 Å². The second-order valence-corrected chi connectivity index (χ2v) is 6.53. The van der Waals surface area contributed by atoms with Crippen molar-refractivity contribution in [1.82, 2.24) is 9.97 Å². The van der Waals surface area contributed by atoms with Crippen LogP contribution in [0.4, 0.5) is 0 Å². The fourth-order valence-electron chi connectivity index (χ4n) is 3.43. The molecule has 4 rings (SSSR count). The van der Waals surface area contributed by atoms with Gasteiger partial charge in [-0.15, -0.1) is 0 Å². The number of aromatic nitrogens is 2. The monoisotopic (exact) mass is 352 g/mol. The molecule has 0 aliphatic carbocycles. The molecule has 0 bridgehead atoms. The standard InChI is InChI=1S/C24H20N2O/c27-22-11-9-18(10-12-22)23-8-2-1-5-19(23)15-24(20-6-3-13-25-16-20)21-7-4-14-26-17-21/h1-14,16-17,24,27H,15H2. The maximum atomic E-state index is 9.60. The van der Waals surface area contributed by atoms with E-state index in [0.717, 1.165) is 12.0 Å². The number of hydrogen-bond acceptors (Lipinski definition) is 3. The topological polar surface area (TPSA) is 46.0 Å².